The quantitative estimate of drug-likeness (QED) is 0.00388. The van der Waals surface area contributed by atoms with Gasteiger partial charge in [-0.05, 0) is 167 Å². The van der Waals surface area contributed by atoms with Crippen molar-refractivity contribution in [3.05, 3.63) is 208 Å². The Hall–Kier alpha value is -9.67. The van der Waals surface area contributed by atoms with E-state index in [1.54, 1.807) is 66.7 Å². The van der Waals surface area contributed by atoms with Gasteiger partial charge in [0.15, 0.2) is 6.29 Å². The third-order valence-electron chi connectivity index (χ3n) is 17.4. The van der Waals surface area contributed by atoms with Gasteiger partial charge in [-0.3, -0.25) is 73.8 Å². The molecule has 0 saturated heterocycles. The molecular weight excluding hydrogens is 2060 g/mol. The standard InChI is InChI=1S/C19H25N3O6S.C16H15N3OS.C12H13N3OS.C11H9NO5S.C11H9NO4S.C7H4ClNO3.C4H11N.C3H8O3.C3H6OS.CH3F.CH2O3.5CH4.2K.H/c1-6-27-17(23)16-15(13-9-12(22(25)26)7-8-14(13)29-16)20-10-11(2)21-18(24)28-19(3,4)5;1-8-3-4-10-11(18-8)5-6-12-13(10)14-15(21-12)16(20)19-9(2)7-17-14;1-6-5-14-10-8-4-7(13)2-3-9(8)17-11(10)12(16)15-6;1-2-17-11(13)10-6-7-5-8(12(14)15)3-4-9(7)18(10)16;1-2-16-11(13)10-6-7-5-8(12(14)15)3-4-9(7)17-10;8-7-2-1-6(9(11)12)3-5(7)4-10;1-4(2)3-5;4-1-3(6)2-5;1-3(4)2-5;1-2;2-1-4-3;;;;;;;;/h7-9,11,20H,6,10H2,1-5H3,(H,21,24);3-6,9,17H,7H2,1-2H3,(H,19,20);2-4,6,14H,5,13H2,1H3,(H,15,16);3-6H,2H2,1H3;3-6H,2H2,1H3;1-4H;4H,3,5H2,1-2H3;3-6H,1-2H2;5H,2H2,1H3;1H3;1,3H;5*1H4;;;/q;;;;;;;;;;;;;;;;2*+1;-1/p-1/t11-;9-;6-;;;;;;;;;;;;;;;;/m111................/s1/i;;;;;;;;;1D;;;;;;;;;. The Kier molecular flexibility index (Phi) is 67.5. The summed E-state index contributed by atoms with van der Waals surface area (Å²) in [4.78, 5) is 151. The van der Waals surface area contributed by atoms with Crippen molar-refractivity contribution in [1.29, 1.82) is 0 Å². The van der Waals surface area contributed by atoms with Crippen LogP contribution in [-0.4, -0.2) is 201 Å². The number of carbonyl (C=O) groups is 9. The molecular formula is C93H125ClFK2N13O27S6. The molecule has 3 aliphatic rings. The number of nitrogens with one attached hydrogen (secondary N) is 6. The number of pyridine rings is 1. The Bertz CT molecular complexity index is 6160. The van der Waals surface area contributed by atoms with Gasteiger partial charge in [0.05, 0.1) is 105 Å². The van der Waals surface area contributed by atoms with E-state index in [9.17, 15) is 87.4 Å². The number of aromatic nitrogens is 1. The summed E-state index contributed by atoms with van der Waals surface area (Å²) < 4.78 is 51.2. The number of thiophene rings is 4. The molecule has 13 N–H and O–H groups in total. The van der Waals surface area contributed by atoms with Gasteiger partial charge in [0.1, 0.15) is 41.9 Å². The van der Waals surface area contributed by atoms with Crippen LogP contribution in [0, 0.1) is 53.3 Å². The monoisotopic (exact) mass is 2180 g/mol. The van der Waals surface area contributed by atoms with Crippen LogP contribution < -0.4 is 151 Å². The first-order valence-electron chi connectivity index (χ1n) is 41.5. The largest absolute Gasteiger partial charge is 1.00 e. The number of ketones is 1. The van der Waals surface area contributed by atoms with Gasteiger partial charge in [0, 0.05) is 155 Å². The number of nitrogen functional groups attached to an aromatic ring is 1. The fraction of sp³-hybridized carbons (Fsp3) is 0.376. The van der Waals surface area contributed by atoms with Crippen LogP contribution in [0.25, 0.3) is 57.3 Å². The van der Waals surface area contributed by atoms with Gasteiger partial charge < -0.3 is 89.2 Å². The normalized spacial score (nSPS) is 12.9. The van der Waals surface area contributed by atoms with Gasteiger partial charge in [0.25, 0.3) is 41.0 Å². The molecule has 4 atom stereocenters. The van der Waals surface area contributed by atoms with Gasteiger partial charge in [-0.15, -0.1) is 45.3 Å². The summed E-state index contributed by atoms with van der Waals surface area (Å²) in [6, 6.07) is 32.1. The van der Waals surface area contributed by atoms with Gasteiger partial charge in [-0.25, -0.2) is 23.4 Å². The maximum Gasteiger partial charge on any atom is 1.00 e. The second-order valence-electron chi connectivity index (χ2n) is 29.8. The SMILES string of the molecule is C.C.C.C.C.CC(=O)CS.CC(C)CN.CCOC(=O)C1=Cc2cc([N+](=O)[O-])ccc2S1=O.CCOC(=O)c1cc2cc([N+](=O)[O-])ccc2s1.CCOC(=O)c1sc2ccc([N+](=O)[O-])cc2c1NC[C@@H](C)NC(=O)OC(C)(C)C.C[C@@H]1CNc2c(sc3ccc(N)cc23)C(=O)N1.Cc1ccc2c(ccc3sc4c(c32)NC[C@@H](C)NC4=O)n1.O=CO[O-].O=Cc1cc([N+](=O)[O-])ccc1Cl.OCC(O)CO.[2H]CF.[H-].[K+].[K+]. The van der Waals surface area contributed by atoms with Crippen LogP contribution in [0.15, 0.2) is 131 Å². The predicted octanol–water partition coefficient (Wildman–Crippen LogP) is 12.1. The number of halogens is 2. The number of rotatable bonds is 20. The van der Waals surface area contributed by atoms with Crippen LogP contribution in [0.3, 0.4) is 0 Å². The molecule has 3 aliphatic heterocycles. The van der Waals surface area contributed by atoms with Crippen molar-refractivity contribution in [2.75, 3.05) is 93.8 Å². The van der Waals surface area contributed by atoms with Gasteiger partial charge in [-0.1, -0.05) is 68.6 Å². The van der Waals surface area contributed by atoms with Crippen LogP contribution in [0.4, 0.5) is 54.7 Å². The Balaban J connectivity index is -0.000000518. The van der Waals surface area contributed by atoms with Crippen molar-refractivity contribution in [3.63, 3.8) is 0 Å². The molecule has 8 heterocycles. The molecule has 1 unspecified atom stereocenters. The zero-order chi connectivity index (χ0) is 103. The number of thiol groups is 1. The molecule has 3 amide bonds. The van der Waals surface area contributed by atoms with E-state index in [0.717, 1.165) is 94.0 Å². The maximum atomic E-state index is 12.4. The minimum Gasteiger partial charge on any atom is -1.00 e. The number of nitro benzene ring substituents is 4. The minimum absolute atomic E-state index is 0. The number of aliphatic hydroxyl groups is 3. The van der Waals surface area contributed by atoms with E-state index in [-0.39, 0.29) is 255 Å². The second-order valence-corrected chi connectivity index (χ2v) is 36.2. The van der Waals surface area contributed by atoms with Gasteiger partial charge in [0.2, 0.25) is 0 Å². The molecule has 40 nitrogen and oxygen atoms in total. The first-order valence-corrected chi connectivity index (χ1v) is 46.2. The molecule has 776 valence electrons. The van der Waals surface area contributed by atoms with Crippen LogP contribution in [0.1, 0.15) is 183 Å². The maximum absolute atomic E-state index is 12.4. The number of nitrogens with two attached hydrogens (primary N) is 2. The number of non-ortho nitro benzene ring substituents is 4. The molecule has 0 aliphatic carbocycles. The van der Waals surface area contributed by atoms with Gasteiger partial charge >= 0.3 is 127 Å². The van der Waals surface area contributed by atoms with E-state index >= 15 is 0 Å². The molecule has 0 fully saturated rings. The van der Waals surface area contributed by atoms with Gasteiger partial charge in [-0.2, -0.15) is 12.6 Å². The van der Waals surface area contributed by atoms with Crippen molar-refractivity contribution in [3.8, 4) is 0 Å². The fourth-order valence-electron chi connectivity index (χ4n) is 11.2. The van der Waals surface area contributed by atoms with E-state index in [1.807, 2.05) is 51.1 Å². The Labute approximate surface area is 945 Å². The summed E-state index contributed by atoms with van der Waals surface area (Å²) in [5.41, 5.74) is 15.6. The number of ether oxygens (including phenoxy) is 4. The molecule has 0 spiro atoms. The number of aldehydes is 1. The van der Waals surface area contributed by atoms with E-state index < -0.39 is 73.4 Å². The van der Waals surface area contributed by atoms with Crippen LogP contribution in [0.5, 0.6) is 0 Å². The molecule has 143 heavy (non-hydrogen) atoms. The summed E-state index contributed by atoms with van der Waals surface area (Å²) in [6.07, 6.45) is 0.347. The number of esters is 3. The minimum atomic E-state index is -1.62. The summed E-state index contributed by atoms with van der Waals surface area (Å²) in [7, 11) is -2.62. The van der Waals surface area contributed by atoms with Crippen LogP contribution >= 0.6 is 69.6 Å². The van der Waals surface area contributed by atoms with E-state index in [0.29, 0.717) is 65.9 Å². The Morgan fingerprint density at radius 3 is 1.66 bits per heavy atom. The Morgan fingerprint density at radius 2 is 1.16 bits per heavy atom. The number of fused-ring (bicyclic) bond motifs is 11. The molecule has 0 saturated carbocycles. The number of nitro groups is 4. The number of aliphatic hydroxyl groups excluding tert-OH is 3. The summed E-state index contributed by atoms with van der Waals surface area (Å²) >= 11 is 14.7. The number of carbonyl (C=O) groups excluding carboxylic acids is 9. The number of alkyl halides is 1. The average Bonchev–Trinajstić information content (AvgIpc) is 1.60. The number of nitrogens with zero attached hydrogens (tertiary/aromatic N) is 5. The third-order valence-corrected chi connectivity index (χ3v) is 24.2. The second kappa shape index (κ2) is 70.2. The third kappa shape index (κ3) is 44.3. The zero-order valence-electron chi connectivity index (χ0n) is 79.7. The molecule has 14 rings (SSSR count). The summed E-state index contributed by atoms with van der Waals surface area (Å²) in [6.45, 7) is 26.2. The molecule has 0 radical (unpaired) electrons. The zero-order valence-corrected chi connectivity index (χ0v) is 89.7. The molecule has 11 aromatic rings. The number of Topliss-reactive ketones (excluding diaryl/α,β-unsaturated/α-hetero) is 1. The average molecular weight is 2180 g/mol. The Morgan fingerprint density at radius 1 is 0.692 bits per heavy atom. The number of hydrogen-bond acceptors (Lipinski definition) is 38. The van der Waals surface area contributed by atoms with Crippen molar-refractivity contribution in [2.24, 2.45) is 11.7 Å². The van der Waals surface area contributed by atoms with E-state index in [4.69, 9.17) is 68.8 Å². The van der Waals surface area contributed by atoms with E-state index in [1.165, 1.54) is 113 Å². The smallest absolute Gasteiger partial charge is 1.00 e. The van der Waals surface area contributed by atoms with Crippen molar-refractivity contribution in [1.82, 2.24) is 20.9 Å². The van der Waals surface area contributed by atoms with Crippen molar-refractivity contribution >= 4 is 238 Å². The number of aryl methyl sites for hydroxylation is 1. The predicted molar refractivity (Wildman–Crippen MR) is 560 cm³/mol. The summed E-state index contributed by atoms with van der Waals surface area (Å²) in [5.74, 6) is -0.407. The van der Waals surface area contributed by atoms with Crippen LogP contribution in [0.2, 0.25) is 5.02 Å². The van der Waals surface area contributed by atoms with Crippen molar-refractivity contribution < 1.29 is 221 Å². The summed E-state index contributed by atoms with van der Waals surface area (Å²) in [5, 5.41) is 98.3. The number of amides is 3. The topological polar surface area (TPSA) is 610 Å². The number of hydrogen-bond donors (Lipinski definition) is 12. The van der Waals surface area contributed by atoms with Crippen LogP contribution in [-0.2, 0) is 49.0 Å². The number of anilines is 4. The first kappa shape index (κ1) is 137. The van der Waals surface area contributed by atoms with Crippen molar-refractivity contribution in [2.45, 2.75) is 162 Å². The first-order chi connectivity index (χ1) is 64.8. The van der Waals surface area contributed by atoms with E-state index in [2.05, 4.69) is 80.4 Å². The molecule has 0 bridgehead atoms. The molecule has 5 aromatic heterocycles. The fourth-order valence-corrected chi connectivity index (χ4v) is 16.7. The number of alkyl carbamates (subject to hydrolysis) is 1. The molecule has 6 aromatic carbocycles. The molecule has 50 heteroatoms. The number of benzene rings is 6.